The van der Waals surface area contributed by atoms with Gasteiger partial charge in [-0.25, -0.2) is 18.4 Å². The fraction of sp³-hybridized carbons (Fsp3) is 0.429. The van der Waals surface area contributed by atoms with Crippen LogP contribution in [0.25, 0.3) is 0 Å². The van der Waals surface area contributed by atoms with Gasteiger partial charge >= 0.3 is 12.0 Å². The SMILES string of the molecule is O=C(Nc1c(F)cccc1F)NC1(C(=O)O)CCCCC1. The average Bonchev–Trinajstić information content (AvgIpc) is 2.44. The molecule has 1 fully saturated rings. The summed E-state index contributed by atoms with van der Waals surface area (Å²) < 4.78 is 26.9. The van der Waals surface area contributed by atoms with E-state index in [9.17, 15) is 23.5 Å². The van der Waals surface area contributed by atoms with Crippen LogP contribution >= 0.6 is 0 Å². The van der Waals surface area contributed by atoms with Gasteiger partial charge in [0.1, 0.15) is 22.9 Å². The molecule has 0 unspecified atom stereocenters. The van der Waals surface area contributed by atoms with Crippen molar-refractivity contribution in [3.8, 4) is 0 Å². The molecular weight excluding hydrogens is 282 g/mol. The quantitative estimate of drug-likeness (QED) is 0.803. The molecule has 5 nitrogen and oxygen atoms in total. The summed E-state index contributed by atoms with van der Waals surface area (Å²) in [7, 11) is 0. The van der Waals surface area contributed by atoms with E-state index in [0.717, 1.165) is 18.6 Å². The lowest BCUT2D eigenvalue weighted by atomic mass is 9.82. The number of benzene rings is 1. The molecule has 21 heavy (non-hydrogen) atoms. The first kappa shape index (κ1) is 15.2. The fourth-order valence-electron chi connectivity index (χ4n) is 2.53. The molecule has 0 heterocycles. The monoisotopic (exact) mass is 298 g/mol. The highest BCUT2D eigenvalue weighted by molar-refractivity contribution is 5.94. The predicted molar refractivity (Wildman–Crippen MR) is 72.0 cm³/mol. The molecule has 3 N–H and O–H groups in total. The number of nitrogens with one attached hydrogen (secondary N) is 2. The Morgan fingerprint density at radius 1 is 1.10 bits per heavy atom. The lowest BCUT2D eigenvalue weighted by Gasteiger charge is -2.33. The molecule has 1 aromatic rings. The Bertz CT molecular complexity index is 537. The number of hydrogen-bond acceptors (Lipinski definition) is 2. The molecule has 1 aromatic carbocycles. The molecule has 0 atom stereocenters. The van der Waals surface area contributed by atoms with Crippen LogP contribution in [0, 0.1) is 11.6 Å². The second kappa shape index (κ2) is 6.07. The molecule has 2 rings (SSSR count). The molecule has 1 saturated carbocycles. The lowest BCUT2D eigenvalue weighted by Crippen LogP contribution is -2.56. The zero-order valence-electron chi connectivity index (χ0n) is 11.3. The van der Waals surface area contributed by atoms with Gasteiger partial charge in [-0.3, -0.25) is 0 Å². The summed E-state index contributed by atoms with van der Waals surface area (Å²) in [6, 6.07) is 2.26. The molecule has 1 aliphatic carbocycles. The van der Waals surface area contributed by atoms with Crippen LogP contribution < -0.4 is 10.6 Å². The molecule has 0 aliphatic heterocycles. The Morgan fingerprint density at radius 3 is 2.19 bits per heavy atom. The fourth-order valence-corrected chi connectivity index (χ4v) is 2.53. The third kappa shape index (κ3) is 3.29. The van der Waals surface area contributed by atoms with Gasteiger partial charge in [0.15, 0.2) is 0 Å². The molecule has 0 bridgehead atoms. The highest BCUT2D eigenvalue weighted by Gasteiger charge is 2.41. The van der Waals surface area contributed by atoms with E-state index in [1.54, 1.807) is 0 Å². The van der Waals surface area contributed by atoms with Gasteiger partial charge in [0.05, 0.1) is 0 Å². The summed E-state index contributed by atoms with van der Waals surface area (Å²) in [6.07, 6.45) is 2.87. The minimum atomic E-state index is -1.37. The van der Waals surface area contributed by atoms with Crippen molar-refractivity contribution in [1.82, 2.24) is 5.32 Å². The third-order valence-electron chi connectivity index (χ3n) is 3.67. The molecule has 0 radical (unpaired) electrons. The Morgan fingerprint density at radius 2 is 1.67 bits per heavy atom. The van der Waals surface area contributed by atoms with Crippen molar-refractivity contribution in [2.24, 2.45) is 0 Å². The molecule has 0 saturated heterocycles. The molecule has 0 aromatic heterocycles. The molecule has 0 spiro atoms. The summed E-state index contributed by atoms with van der Waals surface area (Å²) in [5.41, 5.74) is -1.96. The number of carboxylic acid groups (broad SMARTS) is 1. The molecule has 114 valence electrons. The number of anilines is 1. The zero-order chi connectivity index (χ0) is 15.5. The average molecular weight is 298 g/mol. The number of carbonyl (C=O) groups excluding carboxylic acids is 1. The second-order valence-corrected chi connectivity index (χ2v) is 5.12. The maximum absolute atomic E-state index is 13.4. The van der Waals surface area contributed by atoms with Crippen LogP contribution in [0.3, 0.4) is 0 Å². The van der Waals surface area contributed by atoms with Gasteiger partial charge in [0, 0.05) is 0 Å². The van der Waals surface area contributed by atoms with Crippen molar-refractivity contribution in [2.45, 2.75) is 37.6 Å². The number of carbonyl (C=O) groups is 2. The van der Waals surface area contributed by atoms with Gasteiger partial charge in [0.2, 0.25) is 0 Å². The van der Waals surface area contributed by atoms with Crippen LogP contribution in [0.2, 0.25) is 0 Å². The first-order chi connectivity index (χ1) is 9.94. The standard InChI is InChI=1S/C14H16F2N2O3/c15-9-5-4-6-10(16)11(9)17-13(21)18-14(12(19)20)7-2-1-3-8-14/h4-6H,1-3,7-8H2,(H,19,20)(H2,17,18,21). The van der Waals surface area contributed by atoms with Crippen molar-refractivity contribution in [1.29, 1.82) is 0 Å². The van der Waals surface area contributed by atoms with Crippen LogP contribution in [0.15, 0.2) is 18.2 Å². The maximum Gasteiger partial charge on any atom is 0.329 e. The molecular formula is C14H16F2N2O3. The highest BCUT2D eigenvalue weighted by Crippen LogP contribution is 2.28. The summed E-state index contributed by atoms with van der Waals surface area (Å²) in [5.74, 6) is -2.97. The van der Waals surface area contributed by atoms with Crippen LogP contribution in [0.4, 0.5) is 19.3 Å². The second-order valence-electron chi connectivity index (χ2n) is 5.12. The van der Waals surface area contributed by atoms with Gasteiger partial charge < -0.3 is 15.7 Å². The number of halogens is 2. The minimum absolute atomic E-state index is 0.301. The van der Waals surface area contributed by atoms with Crippen LogP contribution in [-0.4, -0.2) is 22.6 Å². The summed E-state index contributed by atoms with van der Waals surface area (Å²) >= 11 is 0. The van der Waals surface area contributed by atoms with E-state index < -0.39 is 34.9 Å². The van der Waals surface area contributed by atoms with Crippen LogP contribution in [0.5, 0.6) is 0 Å². The van der Waals surface area contributed by atoms with Gasteiger partial charge in [-0.15, -0.1) is 0 Å². The Balaban J connectivity index is 2.11. The highest BCUT2D eigenvalue weighted by atomic mass is 19.1. The number of hydrogen-bond donors (Lipinski definition) is 3. The molecule has 1 aliphatic rings. The number of urea groups is 1. The smallest absolute Gasteiger partial charge is 0.329 e. The molecule has 7 heteroatoms. The Hall–Kier alpha value is -2.18. The van der Waals surface area contributed by atoms with Crippen LogP contribution in [-0.2, 0) is 4.79 Å². The van der Waals surface area contributed by atoms with Crippen molar-refractivity contribution < 1.29 is 23.5 Å². The van der Waals surface area contributed by atoms with E-state index >= 15 is 0 Å². The topological polar surface area (TPSA) is 78.4 Å². The number of rotatable bonds is 3. The number of aliphatic carboxylic acids is 1. The largest absolute Gasteiger partial charge is 0.480 e. The lowest BCUT2D eigenvalue weighted by molar-refractivity contribution is -0.145. The van der Waals surface area contributed by atoms with E-state index in [1.807, 2.05) is 5.32 Å². The number of para-hydroxylation sites is 1. The first-order valence-corrected chi connectivity index (χ1v) is 6.71. The van der Waals surface area contributed by atoms with E-state index in [2.05, 4.69) is 5.32 Å². The van der Waals surface area contributed by atoms with E-state index in [4.69, 9.17) is 0 Å². The normalized spacial score (nSPS) is 17.0. The van der Waals surface area contributed by atoms with E-state index in [-0.39, 0.29) is 0 Å². The minimum Gasteiger partial charge on any atom is -0.480 e. The maximum atomic E-state index is 13.4. The third-order valence-corrected chi connectivity index (χ3v) is 3.67. The number of amides is 2. The summed E-state index contributed by atoms with van der Waals surface area (Å²) in [4.78, 5) is 23.3. The van der Waals surface area contributed by atoms with Crippen molar-refractivity contribution in [3.05, 3.63) is 29.8 Å². The van der Waals surface area contributed by atoms with Crippen molar-refractivity contribution in [3.63, 3.8) is 0 Å². The van der Waals surface area contributed by atoms with Gasteiger partial charge in [-0.2, -0.15) is 0 Å². The van der Waals surface area contributed by atoms with E-state index in [0.29, 0.717) is 25.7 Å². The van der Waals surface area contributed by atoms with Gasteiger partial charge in [-0.05, 0) is 25.0 Å². The Labute approximate surface area is 120 Å². The summed E-state index contributed by atoms with van der Waals surface area (Å²) in [6.45, 7) is 0. The number of carboxylic acids is 1. The van der Waals surface area contributed by atoms with Crippen molar-refractivity contribution >= 4 is 17.7 Å². The van der Waals surface area contributed by atoms with Crippen LogP contribution in [0.1, 0.15) is 32.1 Å². The van der Waals surface area contributed by atoms with Crippen molar-refractivity contribution in [2.75, 3.05) is 5.32 Å². The van der Waals surface area contributed by atoms with Gasteiger partial charge in [-0.1, -0.05) is 25.3 Å². The van der Waals surface area contributed by atoms with Gasteiger partial charge in [0.25, 0.3) is 0 Å². The molecule has 2 amide bonds. The summed E-state index contributed by atoms with van der Waals surface area (Å²) in [5, 5.41) is 13.7. The predicted octanol–water partition coefficient (Wildman–Crippen LogP) is 2.87. The Kier molecular flexibility index (Phi) is 4.40. The van der Waals surface area contributed by atoms with E-state index in [1.165, 1.54) is 6.07 Å². The first-order valence-electron chi connectivity index (χ1n) is 6.71. The zero-order valence-corrected chi connectivity index (χ0v) is 11.3.